The quantitative estimate of drug-likeness (QED) is 0.651. The third-order valence-electron chi connectivity index (χ3n) is 3.41. The molecule has 2 N–H and O–H groups in total. The van der Waals surface area contributed by atoms with E-state index >= 15 is 0 Å². The summed E-state index contributed by atoms with van der Waals surface area (Å²) in [5, 5.41) is 7.50. The van der Waals surface area contributed by atoms with E-state index in [1.807, 2.05) is 30.3 Å². The van der Waals surface area contributed by atoms with Crippen LogP contribution in [0.3, 0.4) is 0 Å². The molecule has 2 amide bonds. The molecular weight excluding hydrogens is 347 g/mol. The second kappa shape index (κ2) is 6.91. The number of hydrogen-bond acceptors (Lipinski definition) is 2. The van der Waals surface area contributed by atoms with Crippen LogP contribution in [0.2, 0.25) is 10.0 Å². The van der Waals surface area contributed by atoms with Gasteiger partial charge in [0.1, 0.15) is 0 Å². The van der Waals surface area contributed by atoms with Gasteiger partial charge in [-0.2, -0.15) is 0 Å². The van der Waals surface area contributed by atoms with Crippen molar-refractivity contribution in [1.82, 2.24) is 0 Å². The fourth-order valence-electron chi connectivity index (χ4n) is 2.23. The van der Waals surface area contributed by atoms with Crippen molar-refractivity contribution in [3.63, 3.8) is 0 Å². The van der Waals surface area contributed by atoms with Crippen LogP contribution in [0.25, 0.3) is 10.8 Å². The highest BCUT2D eigenvalue weighted by atomic mass is 35.5. The normalized spacial score (nSPS) is 10.4. The average molecular weight is 359 g/mol. The molecule has 6 heteroatoms. The van der Waals surface area contributed by atoms with Crippen LogP contribution in [-0.4, -0.2) is 11.8 Å². The number of benzene rings is 3. The van der Waals surface area contributed by atoms with Gasteiger partial charge >= 0.3 is 11.8 Å². The molecule has 0 aliphatic carbocycles. The Morgan fingerprint density at radius 1 is 0.750 bits per heavy atom. The number of rotatable bonds is 2. The molecule has 0 bridgehead atoms. The number of carbonyl (C=O) groups excluding carboxylic acids is 2. The maximum atomic E-state index is 12.0. The van der Waals surface area contributed by atoms with E-state index in [0.29, 0.717) is 10.7 Å². The minimum absolute atomic E-state index is 0.186. The van der Waals surface area contributed by atoms with Gasteiger partial charge in [-0.1, -0.05) is 59.6 Å². The van der Waals surface area contributed by atoms with Crippen molar-refractivity contribution in [1.29, 1.82) is 0 Å². The zero-order valence-electron chi connectivity index (χ0n) is 12.3. The fourth-order valence-corrected chi connectivity index (χ4v) is 2.58. The first-order chi connectivity index (χ1) is 11.5. The van der Waals surface area contributed by atoms with Crippen molar-refractivity contribution in [3.8, 4) is 0 Å². The zero-order chi connectivity index (χ0) is 17.1. The smallest absolute Gasteiger partial charge is 0.314 e. The maximum absolute atomic E-state index is 12.0. The van der Waals surface area contributed by atoms with Gasteiger partial charge in [0.15, 0.2) is 0 Å². The van der Waals surface area contributed by atoms with Crippen LogP contribution in [-0.2, 0) is 9.59 Å². The molecule has 0 fully saturated rings. The molecule has 3 aromatic rings. The Hall–Kier alpha value is -2.56. The van der Waals surface area contributed by atoms with Gasteiger partial charge in [-0.05, 0) is 35.0 Å². The lowest BCUT2D eigenvalue weighted by molar-refractivity contribution is -0.132. The molecular formula is C18H12Cl2N2O2. The Bertz CT molecular complexity index is 941. The zero-order valence-corrected chi connectivity index (χ0v) is 13.9. The number of amides is 2. The fraction of sp³-hybridized carbons (Fsp3) is 0. The Morgan fingerprint density at radius 3 is 2.25 bits per heavy atom. The predicted molar refractivity (Wildman–Crippen MR) is 97.7 cm³/mol. The van der Waals surface area contributed by atoms with Crippen LogP contribution in [0.5, 0.6) is 0 Å². The molecule has 0 spiro atoms. The van der Waals surface area contributed by atoms with Crippen LogP contribution >= 0.6 is 23.2 Å². The molecule has 0 heterocycles. The summed E-state index contributed by atoms with van der Waals surface area (Å²) < 4.78 is 0. The highest BCUT2D eigenvalue weighted by Gasteiger charge is 2.16. The predicted octanol–water partition coefficient (Wildman–Crippen LogP) is 4.72. The number of halogens is 2. The highest BCUT2D eigenvalue weighted by molar-refractivity contribution is 6.47. The second-order valence-electron chi connectivity index (χ2n) is 5.07. The molecule has 3 aromatic carbocycles. The van der Waals surface area contributed by atoms with Gasteiger partial charge < -0.3 is 10.6 Å². The molecule has 0 saturated carbocycles. The Balaban J connectivity index is 1.73. The molecule has 0 atom stereocenters. The number of fused-ring (bicyclic) bond motifs is 1. The second-order valence-corrected chi connectivity index (χ2v) is 5.86. The third kappa shape index (κ3) is 3.50. The first-order valence-electron chi connectivity index (χ1n) is 7.10. The molecule has 0 aromatic heterocycles. The van der Waals surface area contributed by atoms with Gasteiger partial charge in [-0.15, -0.1) is 0 Å². The van der Waals surface area contributed by atoms with Gasteiger partial charge in [0.05, 0.1) is 15.7 Å². The molecule has 0 saturated heterocycles. The number of carbonyl (C=O) groups is 2. The van der Waals surface area contributed by atoms with E-state index in [0.717, 1.165) is 10.8 Å². The third-order valence-corrected chi connectivity index (χ3v) is 4.23. The minimum Gasteiger partial charge on any atom is -0.318 e. The van der Waals surface area contributed by atoms with E-state index in [-0.39, 0.29) is 10.7 Å². The lowest BCUT2D eigenvalue weighted by Gasteiger charge is -2.09. The summed E-state index contributed by atoms with van der Waals surface area (Å²) in [6.07, 6.45) is 0. The Morgan fingerprint density at radius 2 is 1.46 bits per heavy atom. The van der Waals surface area contributed by atoms with Gasteiger partial charge in [0, 0.05) is 5.69 Å². The van der Waals surface area contributed by atoms with Crippen molar-refractivity contribution in [3.05, 3.63) is 70.7 Å². The number of anilines is 2. The summed E-state index contributed by atoms with van der Waals surface area (Å²) in [7, 11) is 0. The number of hydrogen-bond donors (Lipinski definition) is 2. The Labute approximate surface area is 148 Å². The summed E-state index contributed by atoms with van der Waals surface area (Å²) in [6, 6.07) is 17.9. The monoisotopic (exact) mass is 358 g/mol. The average Bonchev–Trinajstić information content (AvgIpc) is 2.58. The molecule has 0 aliphatic heterocycles. The standard InChI is InChI=1S/C18H12Cl2N2O2/c19-14-6-3-7-15(16(14)20)22-18(24)17(23)21-13-9-8-11-4-1-2-5-12(11)10-13/h1-10H,(H,21,23)(H,22,24). The van der Waals surface area contributed by atoms with Gasteiger partial charge in [-0.25, -0.2) is 0 Å². The molecule has 0 radical (unpaired) electrons. The van der Waals surface area contributed by atoms with Gasteiger partial charge in [0.2, 0.25) is 0 Å². The molecule has 3 rings (SSSR count). The van der Waals surface area contributed by atoms with E-state index in [9.17, 15) is 9.59 Å². The largest absolute Gasteiger partial charge is 0.318 e. The summed E-state index contributed by atoms with van der Waals surface area (Å²) >= 11 is 11.9. The van der Waals surface area contributed by atoms with E-state index in [1.165, 1.54) is 0 Å². The summed E-state index contributed by atoms with van der Waals surface area (Å²) in [4.78, 5) is 24.1. The van der Waals surface area contributed by atoms with Crippen molar-refractivity contribution >= 4 is 57.2 Å². The van der Waals surface area contributed by atoms with Gasteiger partial charge in [-0.3, -0.25) is 9.59 Å². The summed E-state index contributed by atoms with van der Waals surface area (Å²) in [6.45, 7) is 0. The van der Waals surface area contributed by atoms with Crippen molar-refractivity contribution in [2.24, 2.45) is 0 Å². The lowest BCUT2D eigenvalue weighted by Crippen LogP contribution is -2.29. The first-order valence-corrected chi connectivity index (χ1v) is 7.85. The summed E-state index contributed by atoms with van der Waals surface area (Å²) in [5.41, 5.74) is 0.814. The SMILES string of the molecule is O=C(Nc1ccc2ccccc2c1)C(=O)Nc1cccc(Cl)c1Cl. The van der Waals surface area contributed by atoms with Crippen LogP contribution in [0.4, 0.5) is 11.4 Å². The lowest BCUT2D eigenvalue weighted by atomic mass is 10.1. The van der Waals surface area contributed by atoms with Crippen molar-refractivity contribution in [2.45, 2.75) is 0 Å². The van der Waals surface area contributed by atoms with Gasteiger partial charge in [0.25, 0.3) is 0 Å². The Kier molecular flexibility index (Phi) is 4.69. The topological polar surface area (TPSA) is 58.2 Å². The van der Waals surface area contributed by atoms with E-state index < -0.39 is 11.8 Å². The molecule has 4 nitrogen and oxygen atoms in total. The minimum atomic E-state index is -0.827. The van der Waals surface area contributed by atoms with Crippen molar-refractivity contribution < 1.29 is 9.59 Å². The van der Waals surface area contributed by atoms with Crippen LogP contribution < -0.4 is 10.6 Å². The molecule has 0 unspecified atom stereocenters. The molecule has 0 aliphatic rings. The number of nitrogens with one attached hydrogen (secondary N) is 2. The van der Waals surface area contributed by atoms with Crippen LogP contribution in [0.15, 0.2) is 60.7 Å². The molecule has 120 valence electrons. The van der Waals surface area contributed by atoms with E-state index in [4.69, 9.17) is 23.2 Å². The van der Waals surface area contributed by atoms with Crippen LogP contribution in [0, 0.1) is 0 Å². The van der Waals surface area contributed by atoms with Crippen LogP contribution in [0.1, 0.15) is 0 Å². The summed E-state index contributed by atoms with van der Waals surface area (Å²) in [5.74, 6) is -1.62. The highest BCUT2D eigenvalue weighted by Crippen LogP contribution is 2.29. The maximum Gasteiger partial charge on any atom is 0.314 e. The first kappa shape index (κ1) is 16.3. The van der Waals surface area contributed by atoms with E-state index in [1.54, 1.807) is 30.3 Å². The molecule has 24 heavy (non-hydrogen) atoms. The van der Waals surface area contributed by atoms with Crippen molar-refractivity contribution in [2.75, 3.05) is 10.6 Å². The van der Waals surface area contributed by atoms with E-state index in [2.05, 4.69) is 10.6 Å².